The summed E-state index contributed by atoms with van der Waals surface area (Å²) in [5.74, 6) is 2.30. The zero-order chi connectivity index (χ0) is 55.4. The van der Waals surface area contributed by atoms with Gasteiger partial charge in [0.05, 0.1) is 48.9 Å². The predicted octanol–water partition coefficient (Wildman–Crippen LogP) is 17.1. The monoisotopic (exact) mass is 1060 g/mol. The summed E-state index contributed by atoms with van der Waals surface area (Å²) in [5.41, 5.74) is 6.42. The van der Waals surface area contributed by atoms with Crippen LogP contribution in [0.15, 0.2) is 126 Å². The highest BCUT2D eigenvalue weighted by atomic mass is 16.5. The molecule has 6 rings (SSSR count). The fourth-order valence-electron chi connectivity index (χ4n) is 9.74. The minimum Gasteiger partial charge on any atom is -0.494 e. The summed E-state index contributed by atoms with van der Waals surface area (Å²) in [5, 5.41) is 17.6. The molecule has 0 saturated heterocycles. The summed E-state index contributed by atoms with van der Waals surface area (Å²) < 4.78 is 29.5. The van der Waals surface area contributed by atoms with Gasteiger partial charge >= 0.3 is 11.9 Å². The van der Waals surface area contributed by atoms with Gasteiger partial charge in [-0.2, -0.15) is 5.26 Å². The van der Waals surface area contributed by atoms with Gasteiger partial charge in [-0.05, 0) is 154 Å². The number of nitriles is 1. The molecule has 0 aliphatic rings. The third-order valence-electron chi connectivity index (χ3n) is 14.8. The Bertz CT molecular complexity index is 2710. The molecule has 0 N–H and O–H groups in total. The van der Waals surface area contributed by atoms with Crippen LogP contribution in [0, 0.1) is 22.2 Å². The van der Waals surface area contributed by atoms with Crippen LogP contribution >= 0.6 is 0 Å². The Morgan fingerprint density at radius 2 is 0.808 bits per heavy atom. The SMILES string of the molecule is CCC(C)(CC(C)(C)C(=O)OCCCCCCCCCCCOc1ccc(-c2ccc(-c3nnc(-c4ccc(N(C)C)cc4)o3)cc2)cc1)C(=O)OCCCCCCCCCCCOc1ccc(-c2ccc(C#N)cc2)cc1. The Morgan fingerprint density at radius 1 is 0.474 bits per heavy atom. The van der Waals surface area contributed by atoms with Gasteiger partial charge < -0.3 is 28.3 Å². The zero-order valence-corrected chi connectivity index (χ0v) is 47.7. The molecule has 0 bridgehead atoms. The predicted molar refractivity (Wildman–Crippen MR) is 314 cm³/mol. The first-order chi connectivity index (χ1) is 37.9. The molecule has 0 aliphatic heterocycles. The van der Waals surface area contributed by atoms with Gasteiger partial charge in [-0.1, -0.05) is 145 Å². The van der Waals surface area contributed by atoms with E-state index in [4.69, 9.17) is 28.6 Å². The van der Waals surface area contributed by atoms with Crippen LogP contribution in [0.3, 0.4) is 0 Å². The average molecular weight is 1060 g/mol. The summed E-state index contributed by atoms with van der Waals surface area (Å²) in [6, 6.07) is 42.4. The number of benzene rings is 5. The number of unbranched alkanes of at least 4 members (excludes halogenated alkanes) is 16. The third kappa shape index (κ3) is 19.8. The highest BCUT2D eigenvalue weighted by Gasteiger charge is 2.43. The maximum atomic E-state index is 13.3. The lowest BCUT2D eigenvalue weighted by Gasteiger charge is -2.33. The van der Waals surface area contributed by atoms with Crippen LogP contribution in [-0.4, -0.2) is 62.7 Å². The second-order valence-electron chi connectivity index (χ2n) is 22.0. The number of ether oxygens (including phenoxy) is 4. The van der Waals surface area contributed by atoms with Gasteiger partial charge in [0.1, 0.15) is 11.5 Å². The Morgan fingerprint density at radius 3 is 1.19 bits per heavy atom. The van der Waals surface area contributed by atoms with Crippen molar-refractivity contribution in [3.63, 3.8) is 0 Å². The number of esters is 2. The maximum Gasteiger partial charge on any atom is 0.311 e. The summed E-state index contributed by atoms with van der Waals surface area (Å²) >= 11 is 0. The molecule has 0 amide bonds. The molecule has 78 heavy (non-hydrogen) atoms. The van der Waals surface area contributed by atoms with Crippen molar-refractivity contribution >= 4 is 17.6 Å². The number of nitrogens with zero attached hydrogens (tertiary/aromatic N) is 4. The van der Waals surface area contributed by atoms with Crippen molar-refractivity contribution in [3.05, 3.63) is 127 Å². The van der Waals surface area contributed by atoms with Crippen molar-refractivity contribution in [2.75, 3.05) is 45.4 Å². The van der Waals surface area contributed by atoms with E-state index >= 15 is 0 Å². The molecule has 0 saturated carbocycles. The summed E-state index contributed by atoms with van der Waals surface area (Å²) in [6.07, 6.45) is 21.1. The van der Waals surface area contributed by atoms with Crippen molar-refractivity contribution in [1.82, 2.24) is 10.2 Å². The molecular formula is C67H86N4O7. The lowest BCUT2D eigenvalue weighted by molar-refractivity contribution is -0.163. The van der Waals surface area contributed by atoms with E-state index in [2.05, 4.69) is 57.6 Å². The van der Waals surface area contributed by atoms with E-state index < -0.39 is 10.8 Å². The van der Waals surface area contributed by atoms with Crippen LogP contribution in [0.1, 0.15) is 162 Å². The van der Waals surface area contributed by atoms with Crippen molar-refractivity contribution in [2.24, 2.45) is 10.8 Å². The van der Waals surface area contributed by atoms with Crippen LogP contribution in [0.25, 0.3) is 45.2 Å². The quantitative estimate of drug-likeness (QED) is 0.0275. The van der Waals surface area contributed by atoms with Gasteiger partial charge in [0.25, 0.3) is 0 Å². The number of rotatable bonds is 36. The van der Waals surface area contributed by atoms with Gasteiger partial charge in [-0.3, -0.25) is 9.59 Å². The molecule has 0 fully saturated rings. The fourth-order valence-corrected chi connectivity index (χ4v) is 9.74. The van der Waals surface area contributed by atoms with E-state index in [0.717, 1.165) is 121 Å². The van der Waals surface area contributed by atoms with Crippen LogP contribution in [0.5, 0.6) is 11.5 Å². The van der Waals surface area contributed by atoms with Gasteiger partial charge in [-0.15, -0.1) is 10.2 Å². The van der Waals surface area contributed by atoms with E-state index in [0.29, 0.717) is 50.0 Å². The normalized spacial score (nSPS) is 12.1. The van der Waals surface area contributed by atoms with E-state index in [1.165, 1.54) is 51.4 Å². The Hall–Kier alpha value is -6.93. The lowest BCUT2D eigenvalue weighted by atomic mass is 9.72. The Labute approximate surface area is 466 Å². The number of carbonyl (C=O) groups is 2. The maximum absolute atomic E-state index is 13.3. The Balaban J connectivity index is 0.713. The molecular weight excluding hydrogens is 973 g/mol. The average Bonchev–Trinajstić information content (AvgIpc) is 3.97. The standard InChI is InChI=1S/C67H86N4O7/c1-7-67(4,65(73)77-49-25-21-17-13-9-11-15-19-22-46-74-60-42-36-55(37-43-60)53-28-26-52(50-68)27-29-53)51-66(2,3)64(72)76-48-24-20-16-12-8-10-14-18-23-47-75-61-44-38-56(39-45-61)54-30-32-57(33-31-54)62-69-70-63(78-62)58-34-40-59(41-35-58)71(5)6/h26-45H,7-25,46-49,51H2,1-6H3. The minimum atomic E-state index is -0.784. The molecule has 0 aliphatic carbocycles. The van der Waals surface area contributed by atoms with Crippen molar-refractivity contribution in [2.45, 2.75) is 156 Å². The number of hydrogen-bond acceptors (Lipinski definition) is 11. The van der Waals surface area contributed by atoms with E-state index in [-0.39, 0.29) is 11.9 Å². The molecule has 1 unspecified atom stereocenters. The molecule has 5 aromatic carbocycles. The van der Waals surface area contributed by atoms with Crippen molar-refractivity contribution in [1.29, 1.82) is 5.26 Å². The molecule has 1 atom stereocenters. The number of carbonyl (C=O) groups excluding carboxylic acids is 2. The van der Waals surface area contributed by atoms with Crippen LogP contribution < -0.4 is 14.4 Å². The van der Waals surface area contributed by atoms with Crippen molar-refractivity contribution < 1.29 is 33.0 Å². The highest BCUT2D eigenvalue weighted by molar-refractivity contribution is 5.80. The molecule has 0 spiro atoms. The topological polar surface area (TPSA) is 137 Å². The van der Waals surface area contributed by atoms with Gasteiger partial charge in [-0.25, -0.2) is 0 Å². The first kappa shape index (κ1) is 60.3. The van der Waals surface area contributed by atoms with Crippen LogP contribution in [-0.2, 0) is 19.1 Å². The van der Waals surface area contributed by atoms with Crippen LogP contribution in [0.2, 0.25) is 0 Å². The smallest absolute Gasteiger partial charge is 0.311 e. The molecule has 1 heterocycles. The molecule has 0 radical (unpaired) electrons. The molecule has 6 aromatic rings. The first-order valence-corrected chi connectivity index (χ1v) is 28.9. The number of hydrogen-bond donors (Lipinski definition) is 0. The molecule has 11 heteroatoms. The van der Waals surface area contributed by atoms with Crippen molar-refractivity contribution in [3.8, 4) is 62.7 Å². The van der Waals surface area contributed by atoms with E-state index in [1.54, 1.807) is 0 Å². The summed E-state index contributed by atoms with van der Waals surface area (Å²) in [4.78, 5) is 28.5. The van der Waals surface area contributed by atoms with E-state index in [9.17, 15) is 9.59 Å². The van der Waals surface area contributed by atoms with Gasteiger partial charge in [0.15, 0.2) is 0 Å². The third-order valence-corrected chi connectivity index (χ3v) is 14.8. The van der Waals surface area contributed by atoms with Gasteiger partial charge in [0.2, 0.25) is 11.8 Å². The largest absolute Gasteiger partial charge is 0.494 e. The van der Waals surface area contributed by atoms with Crippen LogP contribution in [0.4, 0.5) is 5.69 Å². The number of anilines is 1. The highest BCUT2D eigenvalue weighted by Crippen LogP contribution is 2.39. The second-order valence-corrected chi connectivity index (χ2v) is 22.0. The minimum absolute atomic E-state index is 0.217. The molecule has 1 aromatic heterocycles. The lowest BCUT2D eigenvalue weighted by Crippen LogP contribution is -2.38. The second kappa shape index (κ2) is 32.1. The summed E-state index contributed by atoms with van der Waals surface area (Å²) in [6.45, 7) is 9.95. The molecule has 416 valence electrons. The summed E-state index contributed by atoms with van der Waals surface area (Å²) in [7, 11) is 4.02. The van der Waals surface area contributed by atoms with E-state index in [1.807, 2.05) is 127 Å². The van der Waals surface area contributed by atoms with Gasteiger partial charge in [0, 0.05) is 30.9 Å². The first-order valence-electron chi connectivity index (χ1n) is 28.9. The zero-order valence-electron chi connectivity index (χ0n) is 47.7. The molecule has 11 nitrogen and oxygen atoms in total. The Kier molecular flexibility index (Phi) is 24.8. The fraction of sp³-hybridized carbons (Fsp3) is 0.478. The number of aromatic nitrogens is 2.